The number of carbonyl (C=O) groups excluding carboxylic acids is 1. The second-order valence-electron chi connectivity index (χ2n) is 2.81. The Balaban J connectivity index is 2.68. The number of aromatic nitrogens is 2. The molecular weight excluding hydrogens is 180 g/mol. The molecule has 0 atom stereocenters. The molecule has 4 heteroatoms. The lowest BCUT2D eigenvalue weighted by Gasteiger charge is -2.02. The van der Waals surface area contributed by atoms with Crippen LogP contribution in [0.4, 0.5) is 0 Å². The van der Waals surface area contributed by atoms with Crippen molar-refractivity contribution in [3.05, 3.63) is 52.7 Å². The van der Waals surface area contributed by atoms with Crippen molar-refractivity contribution in [1.82, 2.24) is 9.55 Å². The monoisotopic (exact) mass is 188 g/mol. The van der Waals surface area contributed by atoms with Gasteiger partial charge in [0.15, 0.2) is 6.29 Å². The summed E-state index contributed by atoms with van der Waals surface area (Å²) in [7, 11) is 0. The lowest BCUT2D eigenvalue weighted by atomic mass is 10.2. The first-order valence-corrected chi connectivity index (χ1v) is 4.13. The number of para-hydroxylation sites is 1. The molecule has 70 valence electrons. The Bertz CT molecular complexity index is 511. The molecule has 0 radical (unpaired) electrons. The lowest BCUT2D eigenvalue weighted by Crippen LogP contribution is -2.15. The predicted octanol–water partition coefficient (Wildman–Crippen LogP) is 0.978. The molecule has 0 fully saturated rings. The van der Waals surface area contributed by atoms with E-state index in [1.807, 2.05) is 0 Å². The van der Waals surface area contributed by atoms with Crippen molar-refractivity contribution < 1.29 is 4.79 Å². The molecule has 0 saturated heterocycles. The van der Waals surface area contributed by atoms with Gasteiger partial charge in [0.2, 0.25) is 0 Å². The zero-order valence-corrected chi connectivity index (χ0v) is 7.31. The Morgan fingerprint density at radius 2 is 2.07 bits per heavy atom. The van der Waals surface area contributed by atoms with Crippen LogP contribution in [-0.4, -0.2) is 15.8 Å². The fourth-order valence-electron chi connectivity index (χ4n) is 1.32. The van der Waals surface area contributed by atoms with Gasteiger partial charge >= 0.3 is 5.69 Å². The summed E-state index contributed by atoms with van der Waals surface area (Å²) in [6.45, 7) is 0. The van der Waals surface area contributed by atoms with E-state index in [4.69, 9.17) is 0 Å². The molecule has 0 amide bonds. The molecule has 2 aromatic rings. The van der Waals surface area contributed by atoms with Gasteiger partial charge in [-0.05, 0) is 12.1 Å². The van der Waals surface area contributed by atoms with Crippen molar-refractivity contribution in [1.29, 1.82) is 0 Å². The molecule has 1 aromatic heterocycles. The van der Waals surface area contributed by atoms with Gasteiger partial charge in [-0.15, -0.1) is 0 Å². The molecule has 4 nitrogen and oxygen atoms in total. The van der Waals surface area contributed by atoms with E-state index in [2.05, 4.69) is 4.98 Å². The number of nitrogens with one attached hydrogen (secondary N) is 1. The molecule has 0 aliphatic carbocycles. The molecule has 0 saturated carbocycles. The summed E-state index contributed by atoms with van der Waals surface area (Å²) in [5, 5.41) is 0. The normalized spacial score (nSPS) is 10.0. The summed E-state index contributed by atoms with van der Waals surface area (Å²) < 4.78 is 1.39. The molecular formula is C10H8N2O2. The third-order valence-corrected chi connectivity index (χ3v) is 1.97. The number of hydrogen-bond donors (Lipinski definition) is 1. The molecule has 0 aliphatic rings. The molecule has 0 aliphatic heterocycles. The van der Waals surface area contributed by atoms with E-state index in [1.54, 1.807) is 30.5 Å². The van der Waals surface area contributed by atoms with Crippen LogP contribution >= 0.6 is 0 Å². The first-order chi connectivity index (χ1) is 6.83. The number of benzene rings is 1. The zero-order chi connectivity index (χ0) is 9.97. The van der Waals surface area contributed by atoms with Crippen LogP contribution in [0.1, 0.15) is 10.4 Å². The fraction of sp³-hybridized carbons (Fsp3) is 0. The quantitative estimate of drug-likeness (QED) is 0.714. The minimum Gasteiger partial charge on any atom is -0.312 e. The summed E-state index contributed by atoms with van der Waals surface area (Å²) in [6, 6.07) is 6.92. The predicted molar refractivity (Wildman–Crippen MR) is 51.8 cm³/mol. The van der Waals surface area contributed by atoms with Crippen LogP contribution in [0.2, 0.25) is 0 Å². The number of carbonyl (C=O) groups is 1. The zero-order valence-electron chi connectivity index (χ0n) is 7.31. The molecule has 0 bridgehead atoms. The maximum atomic E-state index is 11.3. The topological polar surface area (TPSA) is 54.9 Å². The number of aromatic amines is 1. The van der Waals surface area contributed by atoms with Crippen molar-refractivity contribution in [3.8, 4) is 5.69 Å². The van der Waals surface area contributed by atoms with Crippen molar-refractivity contribution in [2.75, 3.05) is 0 Å². The summed E-state index contributed by atoms with van der Waals surface area (Å²) in [5.74, 6) is 0. The van der Waals surface area contributed by atoms with Gasteiger partial charge in [0.25, 0.3) is 0 Å². The molecule has 0 unspecified atom stereocenters. The number of H-pyrrole nitrogens is 1. The smallest absolute Gasteiger partial charge is 0.312 e. The van der Waals surface area contributed by atoms with Gasteiger partial charge < -0.3 is 4.98 Å². The van der Waals surface area contributed by atoms with Crippen LogP contribution in [0.3, 0.4) is 0 Å². The summed E-state index contributed by atoms with van der Waals surface area (Å²) >= 11 is 0. The Hall–Kier alpha value is -2.10. The SMILES string of the molecule is O=Cc1ccccc1-n1cc[nH]c1=O. The van der Waals surface area contributed by atoms with E-state index < -0.39 is 0 Å². The van der Waals surface area contributed by atoms with Gasteiger partial charge in [0.05, 0.1) is 5.69 Å². The van der Waals surface area contributed by atoms with E-state index in [-0.39, 0.29) is 5.69 Å². The number of aldehydes is 1. The summed E-state index contributed by atoms with van der Waals surface area (Å²) in [4.78, 5) is 24.5. The Labute approximate surface area is 79.8 Å². The second-order valence-corrected chi connectivity index (χ2v) is 2.81. The van der Waals surface area contributed by atoms with Crippen LogP contribution in [0, 0.1) is 0 Å². The summed E-state index contributed by atoms with van der Waals surface area (Å²) in [5.41, 5.74) is 0.835. The number of hydrogen-bond acceptors (Lipinski definition) is 2. The van der Waals surface area contributed by atoms with Gasteiger partial charge in [-0.3, -0.25) is 9.36 Å². The molecule has 2 rings (SSSR count). The third-order valence-electron chi connectivity index (χ3n) is 1.97. The van der Waals surface area contributed by atoms with Crippen LogP contribution in [0.25, 0.3) is 5.69 Å². The number of nitrogens with zero attached hydrogens (tertiary/aromatic N) is 1. The molecule has 0 spiro atoms. The highest BCUT2D eigenvalue weighted by Gasteiger charge is 2.04. The molecule has 1 heterocycles. The van der Waals surface area contributed by atoms with E-state index in [9.17, 15) is 9.59 Å². The number of imidazole rings is 1. The number of rotatable bonds is 2. The van der Waals surface area contributed by atoms with E-state index in [0.717, 1.165) is 6.29 Å². The molecule has 14 heavy (non-hydrogen) atoms. The van der Waals surface area contributed by atoms with Crippen molar-refractivity contribution in [2.24, 2.45) is 0 Å². The van der Waals surface area contributed by atoms with Crippen LogP contribution in [0.15, 0.2) is 41.5 Å². The lowest BCUT2D eigenvalue weighted by molar-refractivity contribution is 0.112. The van der Waals surface area contributed by atoms with E-state index in [1.165, 1.54) is 10.8 Å². The molecule has 1 N–H and O–H groups in total. The second kappa shape index (κ2) is 3.33. The van der Waals surface area contributed by atoms with Gasteiger partial charge in [-0.25, -0.2) is 4.79 Å². The van der Waals surface area contributed by atoms with Gasteiger partial charge in [0, 0.05) is 18.0 Å². The highest BCUT2D eigenvalue weighted by Crippen LogP contribution is 2.09. The van der Waals surface area contributed by atoms with Gasteiger partial charge in [-0.2, -0.15) is 0 Å². The Morgan fingerprint density at radius 3 is 2.71 bits per heavy atom. The van der Waals surface area contributed by atoms with Gasteiger partial charge in [0.1, 0.15) is 0 Å². The molecule has 1 aromatic carbocycles. The average molecular weight is 188 g/mol. The Morgan fingerprint density at radius 1 is 1.29 bits per heavy atom. The third kappa shape index (κ3) is 1.26. The minimum atomic E-state index is -0.251. The highest BCUT2D eigenvalue weighted by molar-refractivity contribution is 5.80. The highest BCUT2D eigenvalue weighted by atomic mass is 16.1. The van der Waals surface area contributed by atoms with E-state index >= 15 is 0 Å². The largest absolute Gasteiger partial charge is 0.330 e. The maximum absolute atomic E-state index is 11.3. The minimum absolute atomic E-state index is 0.251. The average Bonchev–Trinajstić information content (AvgIpc) is 2.64. The van der Waals surface area contributed by atoms with Gasteiger partial charge in [-0.1, -0.05) is 12.1 Å². The van der Waals surface area contributed by atoms with Crippen molar-refractivity contribution in [3.63, 3.8) is 0 Å². The maximum Gasteiger partial charge on any atom is 0.330 e. The van der Waals surface area contributed by atoms with Crippen molar-refractivity contribution in [2.45, 2.75) is 0 Å². The van der Waals surface area contributed by atoms with E-state index in [0.29, 0.717) is 11.3 Å². The van der Waals surface area contributed by atoms with Crippen LogP contribution < -0.4 is 5.69 Å². The summed E-state index contributed by atoms with van der Waals surface area (Å²) in [6.07, 6.45) is 3.85. The van der Waals surface area contributed by atoms with Crippen LogP contribution in [-0.2, 0) is 0 Å². The fourth-order valence-corrected chi connectivity index (χ4v) is 1.32. The first kappa shape index (κ1) is 8.50. The first-order valence-electron chi connectivity index (χ1n) is 4.13. The standard InChI is InChI=1S/C10H8N2O2/c13-7-8-3-1-2-4-9(8)12-6-5-11-10(12)14/h1-7H,(H,11,14). The Kier molecular flexibility index (Phi) is 2.02. The van der Waals surface area contributed by atoms with Crippen LogP contribution in [0.5, 0.6) is 0 Å². The van der Waals surface area contributed by atoms with Crippen molar-refractivity contribution >= 4 is 6.29 Å².